The van der Waals surface area contributed by atoms with Crippen molar-refractivity contribution < 1.29 is 4.79 Å². The highest BCUT2D eigenvalue weighted by molar-refractivity contribution is 5.81. The van der Waals surface area contributed by atoms with Gasteiger partial charge in [0.2, 0.25) is 5.91 Å². The third kappa shape index (κ3) is 2.87. The molecule has 1 amide bonds. The van der Waals surface area contributed by atoms with Crippen molar-refractivity contribution in [3.8, 4) is 0 Å². The van der Waals surface area contributed by atoms with Crippen LogP contribution in [0.25, 0.3) is 0 Å². The van der Waals surface area contributed by atoms with E-state index in [1.54, 1.807) is 6.08 Å². The maximum Gasteiger partial charge on any atom is 0.237 e. The Bertz CT molecular complexity index is 278. The number of hydrogen-bond acceptors (Lipinski definition) is 3. The number of hydrogen-bond donors (Lipinski definition) is 2. The molecule has 2 aliphatic heterocycles. The lowest BCUT2D eigenvalue weighted by atomic mass is 9.94. The zero-order valence-electron chi connectivity index (χ0n) is 10.6. The van der Waals surface area contributed by atoms with E-state index in [1.807, 2.05) is 6.92 Å². The van der Waals surface area contributed by atoms with Gasteiger partial charge in [-0.05, 0) is 32.2 Å². The van der Waals surface area contributed by atoms with Crippen molar-refractivity contribution in [3.63, 3.8) is 0 Å². The van der Waals surface area contributed by atoms with Crippen molar-refractivity contribution >= 4 is 5.91 Å². The van der Waals surface area contributed by atoms with E-state index in [-0.39, 0.29) is 11.9 Å². The second-order valence-electron chi connectivity index (χ2n) is 5.13. The average molecular weight is 237 g/mol. The van der Waals surface area contributed by atoms with Crippen molar-refractivity contribution in [3.05, 3.63) is 12.7 Å². The van der Waals surface area contributed by atoms with Crippen LogP contribution >= 0.6 is 0 Å². The summed E-state index contributed by atoms with van der Waals surface area (Å²) in [7, 11) is 0. The molecule has 2 fully saturated rings. The number of carbonyl (C=O) groups excluding carboxylic acids is 1. The topological polar surface area (TPSA) is 44.4 Å². The number of nitrogens with zero attached hydrogens (tertiary/aromatic N) is 1. The van der Waals surface area contributed by atoms with Gasteiger partial charge in [0.25, 0.3) is 0 Å². The number of carbonyl (C=O) groups is 1. The summed E-state index contributed by atoms with van der Waals surface area (Å²) in [5, 5.41) is 6.43. The summed E-state index contributed by atoms with van der Waals surface area (Å²) in [6, 6.07) is 0.570. The predicted molar refractivity (Wildman–Crippen MR) is 68.8 cm³/mol. The van der Waals surface area contributed by atoms with Gasteiger partial charge in [-0.25, -0.2) is 0 Å². The lowest BCUT2D eigenvalue weighted by Crippen LogP contribution is -2.45. The van der Waals surface area contributed by atoms with Crippen LogP contribution in [0.1, 0.15) is 19.8 Å². The molecule has 17 heavy (non-hydrogen) atoms. The number of rotatable bonds is 4. The van der Waals surface area contributed by atoms with Crippen molar-refractivity contribution in [2.75, 3.05) is 26.2 Å². The highest BCUT2D eigenvalue weighted by Gasteiger charge is 2.37. The number of likely N-dealkylation sites (tertiary alicyclic amines) is 1. The molecule has 0 spiro atoms. The van der Waals surface area contributed by atoms with Gasteiger partial charge in [0, 0.05) is 25.7 Å². The number of piperidine rings is 1. The molecule has 0 aromatic rings. The second-order valence-corrected chi connectivity index (χ2v) is 5.13. The van der Waals surface area contributed by atoms with Gasteiger partial charge in [0.15, 0.2) is 0 Å². The lowest BCUT2D eigenvalue weighted by Gasteiger charge is -2.24. The highest BCUT2D eigenvalue weighted by atomic mass is 16.2. The lowest BCUT2D eigenvalue weighted by molar-refractivity contribution is -0.125. The third-order valence-corrected chi connectivity index (χ3v) is 3.98. The minimum atomic E-state index is -0.0256. The Morgan fingerprint density at radius 1 is 1.65 bits per heavy atom. The predicted octanol–water partition coefficient (Wildman–Crippen LogP) is 0.361. The van der Waals surface area contributed by atoms with Crippen molar-refractivity contribution in [1.82, 2.24) is 15.5 Å². The standard InChI is InChI=1S/C13H23N3O/c1-3-6-15-13(17)10(2)16-8-11-5-4-7-14-12(11)9-16/h3,10-12,14H,1,4-9H2,2H3,(H,15,17). The quantitative estimate of drug-likeness (QED) is 0.694. The molecule has 2 N–H and O–H groups in total. The van der Waals surface area contributed by atoms with Gasteiger partial charge in [0.1, 0.15) is 0 Å². The van der Waals surface area contributed by atoms with Crippen LogP contribution in [0, 0.1) is 5.92 Å². The summed E-state index contributed by atoms with van der Waals surface area (Å²) in [4.78, 5) is 14.2. The van der Waals surface area contributed by atoms with Crippen LogP contribution in [-0.4, -0.2) is 49.1 Å². The van der Waals surface area contributed by atoms with Crippen LogP contribution in [0.5, 0.6) is 0 Å². The highest BCUT2D eigenvalue weighted by Crippen LogP contribution is 2.26. The maximum atomic E-state index is 11.9. The van der Waals surface area contributed by atoms with Gasteiger partial charge in [-0.15, -0.1) is 6.58 Å². The van der Waals surface area contributed by atoms with E-state index in [0.717, 1.165) is 25.6 Å². The first-order valence-corrected chi connectivity index (χ1v) is 6.58. The molecular weight excluding hydrogens is 214 g/mol. The van der Waals surface area contributed by atoms with Gasteiger partial charge in [-0.3, -0.25) is 9.69 Å². The largest absolute Gasteiger partial charge is 0.351 e. The van der Waals surface area contributed by atoms with Gasteiger partial charge in [-0.1, -0.05) is 6.08 Å². The monoisotopic (exact) mass is 237 g/mol. The van der Waals surface area contributed by atoms with Crippen molar-refractivity contribution in [2.45, 2.75) is 31.8 Å². The fourth-order valence-electron chi connectivity index (χ4n) is 2.88. The van der Waals surface area contributed by atoms with Crippen molar-refractivity contribution in [2.24, 2.45) is 5.92 Å². The molecule has 0 bridgehead atoms. The zero-order valence-corrected chi connectivity index (χ0v) is 10.6. The van der Waals surface area contributed by atoms with Crippen LogP contribution in [0.2, 0.25) is 0 Å². The summed E-state index contributed by atoms with van der Waals surface area (Å²) in [5.41, 5.74) is 0. The Balaban J connectivity index is 1.86. The molecule has 0 aliphatic carbocycles. The smallest absolute Gasteiger partial charge is 0.237 e. The van der Waals surface area contributed by atoms with E-state index in [0.29, 0.717) is 12.6 Å². The number of nitrogens with one attached hydrogen (secondary N) is 2. The summed E-state index contributed by atoms with van der Waals surface area (Å²) < 4.78 is 0. The molecule has 0 radical (unpaired) electrons. The zero-order chi connectivity index (χ0) is 12.3. The molecule has 2 rings (SSSR count). The first-order chi connectivity index (χ1) is 8.22. The van der Waals surface area contributed by atoms with E-state index < -0.39 is 0 Å². The molecular formula is C13H23N3O. The Kier molecular flexibility index (Phi) is 4.18. The molecule has 2 aliphatic rings. The molecule has 96 valence electrons. The minimum absolute atomic E-state index is 0.0256. The number of amides is 1. The molecule has 2 heterocycles. The van der Waals surface area contributed by atoms with Gasteiger partial charge in [-0.2, -0.15) is 0 Å². The Labute approximate surface area is 103 Å². The van der Waals surface area contributed by atoms with Gasteiger partial charge >= 0.3 is 0 Å². The van der Waals surface area contributed by atoms with Gasteiger partial charge < -0.3 is 10.6 Å². The SMILES string of the molecule is C=CCNC(=O)C(C)N1CC2CCCNC2C1. The fourth-order valence-corrected chi connectivity index (χ4v) is 2.88. The molecule has 4 nitrogen and oxygen atoms in total. The molecule has 0 aromatic heterocycles. The summed E-state index contributed by atoms with van der Waals surface area (Å²) in [5.74, 6) is 0.849. The van der Waals surface area contributed by atoms with E-state index in [2.05, 4.69) is 22.1 Å². The van der Waals surface area contributed by atoms with E-state index in [4.69, 9.17) is 0 Å². The van der Waals surface area contributed by atoms with Crippen LogP contribution in [0.4, 0.5) is 0 Å². The molecule has 0 aromatic carbocycles. The van der Waals surface area contributed by atoms with Crippen molar-refractivity contribution in [1.29, 1.82) is 0 Å². The fraction of sp³-hybridized carbons (Fsp3) is 0.769. The summed E-state index contributed by atoms with van der Waals surface area (Å²) in [6.07, 6.45) is 4.29. The Morgan fingerprint density at radius 2 is 2.47 bits per heavy atom. The Hall–Kier alpha value is -0.870. The summed E-state index contributed by atoms with van der Waals surface area (Å²) in [6.45, 7) is 9.36. The van der Waals surface area contributed by atoms with Gasteiger partial charge in [0.05, 0.1) is 6.04 Å². The summed E-state index contributed by atoms with van der Waals surface area (Å²) >= 11 is 0. The van der Waals surface area contributed by atoms with Crippen LogP contribution in [0.15, 0.2) is 12.7 Å². The molecule has 3 atom stereocenters. The van der Waals surface area contributed by atoms with E-state index in [1.165, 1.54) is 12.8 Å². The minimum Gasteiger partial charge on any atom is -0.351 e. The number of fused-ring (bicyclic) bond motifs is 1. The van der Waals surface area contributed by atoms with E-state index >= 15 is 0 Å². The first kappa shape index (κ1) is 12.6. The normalized spacial score (nSPS) is 30.6. The van der Waals surface area contributed by atoms with Crippen LogP contribution in [0.3, 0.4) is 0 Å². The Morgan fingerprint density at radius 3 is 3.18 bits per heavy atom. The van der Waals surface area contributed by atoms with E-state index in [9.17, 15) is 4.79 Å². The first-order valence-electron chi connectivity index (χ1n) is 6.58. The average Bonchev–Trinajstić information content (AvgIpc) is 2.78. The van der Waals surface area contributed by atoms with Crippen LogP contribution in [-0.2, 0) is 4.79 Å². The van der Waals surface area contributed by atoms with Crippen LogP contribution < -0.4 is 10.6 Å². The molecule has 3 unspecified atom stereocenters. The maximum absolute atomic E-state index is 11.9. The molecule has 2 saturated heterocycles. The second kappa shape index (κ2) is 5.65. The molecule has 4 heteroatoms. The molecule has 0 saturated carbocycles. The third-order valence-electron chi connectivity index (χ3n) is 3.98.